The summed E-state index contributed by atoms with van der Waals surface area (Å²) in [6, 6.07) is 0. The molecular weight excluding hydrogens is 162 g/mol. The highest BCUT2D eigenvalue weighted by Crippen LogP contribution is 2.15. The Bertz CT molecular complexity index is 134. The maximum absolute atomic E-state index is 10.9. The van der Waals surface area contributed by atoms with Crippen LogP contribution < -0.4 is 5.73 Å². The van der Waals surface area contributed by atoms with Gasteiger partial charge in [-0.3, -0.25) is 4.79 Å². The van der Waals surface area contributed by atoms with E-state index in [1.807, 2.05) is 0 Å². The van der Waals surface area contributed by atoms with E-state index in [1.54, 1.807) is 0 Å². The molecular formula is C11H22NO. The van der Waals surface area contributed by atoms with E-state index < -0.39 is 0 Å². The van der Waals surface area contributed by atoms with Crippen molar-refractivity contribution in [3.05, 3.63) is 6.92 Å². The molecule has 0 aliphatic heterocycles. The minimum atomic E-state index is -0.153. The molecule has 77 valence electrons. The summed E-state index contributed by atoms with van der Waals surface area (Å²) in [5.41, 5.74) is 5.27. The van der Waals surface area contributed by atoms with Gasteiger partial charge in [0.25, 0.3) is 0 Å². The first-order valence-electron chi connectivity index (χ1n) is 5.31. The fourth-order valence-corrected chi connectivity index (χ4v) is 1.49. The van der Waals surface area contributed by atoms with Gasteiger partial charge in [0.05, 0.1) is 0 Å². The van der Waals surface area contributed by atoms with E-state index in [-0.39, 0.29) is 11.8 Å². The Morgan fingerprint density at radius 2 is 2.00 bits per heavy atom. The van der Waals surface area contributed by atoms with Crippen molar-refractivity contribution < 1.29 is 4.79 Å². The zero-order valence-corrected chi connectivity index (χ0v) is 8.72. The summed E-state index contributed by atoms with van der Waals surface area (Å²) in [4.78, 5) is 10.9. The predicted molar refractivity (Wildman–Crippen MR) is 56.0 cm³/mol. The van der Waals surface area contributed by atoms with Crippen LogP contribution in [0.4, 0.5) is 0 Å². The van der Waals surface area contributed by atoms with Crippen LogP contribution in [0.3, 0.4) is 0 Å². The average Bonchev–Trinajstić information content (AvgIpc) is 2.10. The Kier molecular flexibility index (Phi) is 7.76. The lowest BCUT2D eigenvalue weighted by atomic mass is 9.96. The van der Waals surface area contributed by atoms with Gasteiger partial charge < -0.3 is 5.73 Å². The highest BCUT2D eigenvalue weighted by molar-refractivity contribution is 5.76. The van der Waals surface area contributed by atoms with Crippen molar-refractivity contribution in [1.82, 2.24) is 0 Å². The van der Waals surface area contributed by atoms with Crippen LogP contribution in [-0.4, -0.2) is 5.91 Å². The quantitative estimate of drug-likeness (QED) is 0.579. The molecule has 0 aliphatic carbocycles. The number of hydrogen-bond donors (Lipinski definition) is 1. The number of nitrogens with two attached hydrogens (primary N) is 1. The molecule has 1 atom stereocenters. The Labute approximate surface area is 81.9 Å². The molecule has 0 aromatic rings. The van der Waals surface area contributed by atoms with Gasteiger partial charge >= 0.3 is 0 Å². The third kappa shape index (κ3) is 6.62. The summed E-state index contributed by atoms with van der Waals surface area (Å²) in [7, 11) is 0. The molecule has 0 aromatic carbocycles. The largest absolute Gasteiger partial charge is 0.369 e. The monoisotopic (exact) mass is 184 g/mol. The SMILES string of the molecule is [CH2]CCC(CCCCCC)C(N)=O. The van der Waals surface area contributed by atoms with E-state index >= 15 is 0 Å². The maximum Gasteiger partial charge on any atom is 0.220 e. The van der Waals surface area contributed by atoms with Crippen LogP contribution in [-0.2, 0) is 4.79 Å². The summed E-state index contributed by atoms with van der Waals surface area (Å²) in [5.74, 6) is -0.0884. The minimum absolute atomic E-state index is 0.0642. The van der Waals surface area contributed by atoms with Crippen LogP contribution in [0.25, 0.3) is 0 Å². The highest BCUT2D eigenvalue weighted by Gasteiger charge is 2.12. The highest BCUT2D eigenvalue weighted by atomic mass is 16.1. The van der Waals surface area contributed by atoms with Crippen LogP contribution in [0.1, 0.15) is 51.9 Å². The Balaban J connectivity index is 3.51. The lowest BCUT2D eigenvalue weighted by Gasteiger charge is -2.11. The Morgan fingerprint density at radius 1 is 1.31 bits per heavy atom. The van der Waals surface area contributed by atoms with E-state index in [4.69, 9.17) is 5.73 Å². The van der Waals surface area contributed by atoms with Crippen molar-refractivity contribution >= 4 is 5.91 Å². The van der Waals surface area contributed by atoms with Crippen LogP contribution in [0.2, 0.25) is 0 Å². The molecule has 0 rings (SSSR count). The van der Waals surface area contributed by atoms with Gasteiger partial charge in [0.2, 0.25) is 5.91 Å². The van der Waals surface area contributed by atoms with Crippen LogP contribution in [0.5, 0.6) is 0 Å². The summed E-state index contributed by atoms with van der Waals surface area (Å²) < 4.78 is 0. The summed E-state index contributed by atoms with van der Waals surface area (Å²) >= 11 is 0. The molecule has 0 aromatic heterocycles. The van der Waals surface area contributed by atoms with Crippen molar-refractivity contribution in [2.75, 3.05) is 0 Å². The summed E-state index contributed by atoms with van der Waals surface area (Å²) in [5, 5.41) is 0. The van der Waals surface area contributed by atoms with Crippen LogP contribution >= 0.6 is 0 Å². The maximum atomic E-state index is 10.9. The van der Waals surface area contributed by atoms with Crippen molar-refractivity contribution in [1.29, 1.82) is 0 Å². The van der Waals surface area contributed by atoms with Gasteiger partial charge in [-0.15, -0.1) is 0 Å². The number of amides is 1. The number of carbonyl (C=O) groups excluding carboxylic acids is 1. The second-order valence-corrected chi connectivity index (χ2v) is 3.59. The second-order valence-electron chi connectivity index (χ2n) is 3.59. The zero-order valence-electron chi connectivity index (χ0n) is 8.72. The molecule has 1 radical (unpaired) electrons. The zero-order chi connectivity index (χ0) is 10.1. The Hall–Kier alpha value is -0.530. The van der Waals surface area contributed by atoms with Crippen molar-refractivity contribution in [3.8, 4) is 0 Å². The normalized spacial score (nSPS) is 12.8. The third-order valence-electron chi connectivity index (χ3n) is 2.36. The number of primary amides is 1. The lowest BCUT2D eigenvalue weighted by molar-refractivity contribution is -0.122. The summed E-state index contributed by atoms with van der Waals surface area (Å²) in [6.45, 7) is 5.93. The number of rotatable bonds is 8. The summed E-state index contributed by atoms with van der Waals surface area (Å²) in [6.07, 6.45) is 7.44. The number of unbranched alkanes of at least 4 members (excludes halogenated alkanes) is 3. The first-order chi connectivity index (χ1) is 6.22. The topological polar surface area (TPSA) is 43.1 Å². The molecule has 1 unspecified atom stereocenters. The fraction of sp³-hybridized carbons (Fsp3) is 0.818. The van der Waals surface area contributed by atoms with Gasteiger partial charge in [-0.2, -0.15) is 0 Å². The number of carbonyl (C=O) groups is 1. The lowest BCUT2D eigenvalue weighted by Crippen LogP contribution is -2.23. The molecule has 0 saturated carbocycles. The smallest absolute Gasteiger partial charge is 0.220 e. The van der Waals surface area contributed by atoms with Gasteiger partial charge in [-0.25, -0.2) is 0 Å². The Morgan fingerprint density at radius 3 is 2.46 bits per heavy atom. The first kappa shape index (κ1) is 12.5. The van der Waals surface area contributed by atoms with Crippen molar-refractivity contribution in [3.63, 3.8) is 0 Å². The molecule has 0 saturated heterocycles. The van der Waals surface area contributed by atoms with E-state index in [1.165, 1.54) is 19.3 Å². The van der Waals surface area contributed by atoms with Gasteiger partial charge in [-0.05, 0) is 12.8 Å². The standard InChI is InChI=1S/C11H22NO/c1-3-5-6-7-9-10(8-4-2)11(12)13/h10H,2-9H2,1H3,(H2,12,13). The predicted octanol–water partition coefficient (Wildman–Crippen LogP) is 2.67. The molecule has 0 aliphatic rings. The van der Waals surface area contributed by atoms with E-state index in [9.17, 15) is 4.79 Å². The molecule has 1 amide bonds. The van der Waals surface area contributed by atoms with E-state index in [0.29, 0.717) is 0 Å². The fourth-order valence-electron chi connectivity index (χ4n) is 1.49. The van der Waals surface area contributed by atoms with Gasteiger partial charge in [0, 0.05) is 5.92 Å². The van der Waals surface area contributed by atoms with Crippen molar-refractivity contribution in [2.45, 2.75) is 51.9 Å². The van der Waals surface area contributed by atoms with Crippen LogP contribution in [0.15, 0.2) is 0 Å². The minimum Gasteiger partial charge on any atom is -0.369 e. The van der Waals surface area contributed by atoms with Gasteiger partial charge in [0.15, 0.2) is 0 Å². The molecule has 2 nitrogen and oxygen atoms in total. The number of hydrogen-bond acceptors (Lipinski definition) is 1. The third-order valence-corrected chi connectivity index (χ3v) is 2.36. The molecule has 2 heteroatoms. The molecule has 13 heavy (non-hydrogen) atoms. The second kappa shape index (κ2) is 8.09. The van der Waals surface area contributed by atoms with Gasteiger partial charge in [-0.1, -0.05) is 46.0 Å². The molecule has 0 heterocycles. The van der Waals surface area contributed by atoms with Crippen LogP contribution in [0, 0.1) is 12.8 Å². The van der Waals surface area contributed by atoms with E-state index in [0.717, 1.165) is 25.7 Å². The van der Waals surface area contributed by atoms with E-state index in [2.05, 4.69) is 13.8 Å². The average molecular weight is 184 g/mol. The molecule has 0 fully saturated rings. The first-order valence-corrected chi connectivity index (χ1v) is 5.31. The molecule has 0 bridgehead atoms. The molecule has 0 spiro atoms. The molecule has 2 N–H and O–H groups in total. The van der Waals surface area contributed by atoms with Crippen molar-refractivity contribution in [2.24, 2.45) is 11.7 Å². The van der Waals surface area contributed by atoms with Gasteiger partial charge in [0.1, 0.15) is 0 Å².